The molecule has 12 heavy (non-hydrogen) atoms. The van der Waals surface area contributed by atoms with Gasteiger partial charge >= 0.3 is 5.97 Å². The van der Waals surface area contributed by atoms with Crippen LogP contribution >= 0.6 is 0 Å². The summed E-state index contributed by atoms with van der Waals surface area (Å²) in [7, 11) is 0. The average molecular weight is 171 g/mol. The fourth-order valence-electron chi connectivity index (χ4n) is 0.492. The van der Waals surface area contributed by atoms with Crippen molar-refractivity contribution in [3.8, 4) is 0 Å². The van der Waals surface area contributed by atoms with Gasteiger partial charge in [0.2, 0.25) is 5.91 Å². The van der Waals surface area contributed by atoms with Crippen molar-refractivity contribution in [2.75, 3.05) is 6.61 Å². The molecule has 0 heterocycles. The molecule has 0 unspecified atom stereocenters. The second-order valence-corrected chi connectivity index (χ2v) is 2.36. The minimum Gasteiger partial charge on any atom is -0.463 e. The molecule has 0 atom stereocenters. The van der Waals surface area contributed by atoms with E-state index in [2.05, 4.69) is 4.74 Å². The Morgan fingerprint density at radius 2 is 2.08 bits per heavy atom. The maximum absolute atomic E-state index is 10.8. The average Bonchev–Trinajstić information content (AvgIpc) is 2.00. The van der Waals surface area contributed by atoms with Crippen LogP contribution in [0.1, 0.15) is 20.3 Å². The number of carbonyl (C=O) groups excluding carboxylic acids is 2. The molecule has 0 aromatic heterocycles. The maximum Gasteiger partial charge on any atom is 0.331 e. The Hall–Kier alpha value is -1.32. The first-order valence-electron chi connectivity index (χ1n) is 3.72. The molecule has 0 radical (unpaired) electrons. The van der Waals surface area contributed by atoms with E-state index >= 15 is 0 Å². The summed E-state index contributed by atoms with van der Waals surface area (Å²) in [5.74, 6) is -1.13. The lowest BCUT2D eigenvalue weighted by Crippen LogP contribution is -2.13. The molecule has 0 aliphatic heterocycles. The Morgan fingerprint density at radius 3 is 2.50 bits per heavy atom. The minimum absolute atomic E-state index is 0.205. The zero-order valence-corrected chi connectivity index (χ0v) is 7.29. The van der Waals surface area contributed by atoms with Gasteiger partial charge in [0.15, 0.2) is 0 Å². The third-order valence-electron chi connectivity index (χ3n) is 1.17. The third kappa shape index (κ3) is 4.49. The highest BCUT2D eigenvalue weighted by Crippen LogP contribution is 1.92. The van der Waals surface area contributed by atoms with Crippen LogP contribution in [0, 0.1) is 0 Å². The van der Waals surface area contributed by atoms with E-state index in [1.807, 2.05) is 6.92 Å². The molecule has 1 amide bonds. The highest BCUT2D eigenvalue weighted by atomic mass is 16.5. The molecular formula is C8H13NO3. The number of amides is 1. The minimum atomic E-state index is -0.608. The first-order chi connectivity index (χ1) is 5.57. The van der Waals surface area contributed by atoms with Crippen LogP contribution in [0.2, 0.25) is 0 Å². The summed E-state index contributed by atoms with van der Waals surface area (Å²) in [4.78, 5) is 21.3. The number of rotatable bonds is 4. The van der Waals surface area contributed by atoms with Crippen molar-refractivity contribution < 1.29 is 14.3 Å². The highest BCUT2D eigenvalue weighted by Gasteiger charge is 2.02. The summed E-state index contributed by atoms with van der Waals surface area (Å²) in [5, 5.41) is 0. The standard InChI is InChI=1S/C8H13NO3/c1-3-4-12-7(10)5-6(2)8(9)11/h5H,3-4H2,1-2H3,(H2,9,11)/b6-5-. The lowest BCUT2D eigenvalue weighted by molar-refractivity contribution is -0.138. The number of ether oxygens (including phenoxy) is 1. The smallest absolute Gasteiger partial charge is 0.331 e. The van der Waals surface area contributed by atoms with Gasteiger partial charge in [-0.25, -0.2) is 4.79 Å². The van der Waals surface area contributed by atoms with E-state index in [1.54, 1.807) is 0 Å². The van der Waals surface area contributed by atoms with Gasteiger partial charge in [0.25, 0.3) is 0 Å². The van der Waals surface area contributed by atoms with Crippen LogP contribution in [0.25, 0.3) is 0 Å². The number of carbonyl (C=O) groups is 2. The number of primary amides is 1. The van der Waals surface area contributed by atoms with Crippen molar-refractivity contribution in [1.29, 1.82) is 0 Å². The predicted octanol–water partition coefficient (Wildman–Crippen LogP) is 0.371. The molecule has 0 bridgehead atoms. The van der Waals surface area contributed by atoms with E-state index in [-0.39, 0.29) is 5.57 Å². The fourth-order valence-corrected chi connectivity index (χ4v) is 0.492. The van der Waals surface area contributed by atoms with E-state index in [9.17, 15) is 9.59 Å². The molecular weight excluding hydrogens is 158 g/mol. The molecule has 68 valence electrons. The second-order valence-electron chi connectivity index (χ2n) is 2.36. The molecule has 0 fully saturated rings. The van der Waals surface area contributed by atoms with Gasteiger partial charge in [0.05, 0.1) is 6.61 Å². The van der Waals surface area contributed by atoms with Gasteiger partial charge in [0, 0.05) is 11.6 Å². The Labute approximate surface area is 71.4 Å². The van der Waals surface area contributed by atoms with Crippen molar-refractivity contribution in [1.82, 2.24) is 0 Å². The summed E-state index contributed by atoms with van der Waals surface area (Å²) in [5.41, 5.74) is 5.10. The molecule has 0 rings (SSSR count). The largest absolute Gasteiger partial charge is 0.463 e. The molecule has 0 saturated heterocycles. The number of hydrogen-bond acceptors (Lipinski definition) is 3. The Balaban J connectivity index is 3.97. The van der Waals surface area contributed by atoms with Crippen molar-refractivity contribution in [3.63, 3.8) is 0 Å². The van der Waals surface area contributed by atoms with Crippen LogP contribution in [0.5, 0.6) is 0 Å². The topological polar surface area (TPSA) is 69.4 Å². The van der Waals surface area contributed by atoms with Gasteiger partial charge in [-0.2, -0.15) is 0 Å². The van der Waals surface area contributed by atoms with E-state index in [0.29, 0.717) is 6.61 Å². The van der Waals surface area contributed by atoms with Crippen LogP contribution in [-0.4, -0.2) is 18.5 Å². The van der Waals surface area contributed by atoms with E-state index < -0.39 is 11.9 Å². The van der Waals surface area contributed by atoms with Crippen LogP contribution in [-0.2, 0) is 14.3 Å². The van der Waals surface area contributed by atoms with Crippen LogP contribution < -0.4 is 5.73 Å². The van der Waals surface area contributed by atoms with Gasteiger partial charge < -0.3 is 10.5 Å². The lowest BCUT2D eigenvalue weighted by Gasteiger charge is -1.98. The van der Waals surface area contributed by atoms with E-state index in [4.69, 9.17) is 5.73 Å². The number of hydrogen-bond donors (Lipinski definition) is 1. The second kappa shape index (κ2) is 5.35. The van der Waals surface area contributed by atoms with Gasteiger partial charge in [0.1, 0.15) is 0 Å². The third-order valence-corrected chi connectivity index (χ3v) is 1.17. The van der Waals surface area contributed by atoms with E-state index in [1.165, 1.54) is 6.92 Å². The predicted molar refractivity (Wildman–Crippen MR) is 44.2 cm³/mol. The first-order valence-corrected chi connectivity index (χ1v) is 3.72. The first kappa shape index (κ1) is 10.7. The SMILES string of the molecule is CCCOC(=O)/C=C(/C)C(N)=O. The van der Waals surface area contributed by atoms with Crippen molar-refractivity contribution in [2.45, 2.75) is 20.3 Å². The van der Waals surface area contributed by atoms with Crippen molar-refractivity contribution >= 4 is 11.9 Å². The molecule has 0 saturated carbocycles. The van der Waals surface area contributed by atoms with Gasteiger partial charge in [-0.3, -0.25) is 4.79 Å². The summed E-state index contributed by atoms with van der Waals surface area (Å²) in [6.45, 7) is 3.72. The van der Waals surface area contributed by atoms with E-state index in [0.717, 1.165) is 12.5 Å². The molecule has 0 aliphatic rings. The van der Waals surface area contributed by atoms with Crippen molar-refractivity contribution in [2.24, 2.45) is 5.73 Å². The molecule has 0 aliphatic carbocycles. The molecule has 0 aromatic rings. The lowest BCUT2D eigenvalue weighted by atomic mass is 10.3. The Bertz CT molecular complexity index is 208. The van der Waals surface area contributed by atoms with Gasteiger partial charge in [-0.05, 0) is 13.3 Å². The Kier molecular flexibility index (Phi) is 4.76. The fraction of sp³-hybridized carbons (Fsp3) is 0.500. The quantitative estimate of drug-likeness (QED) is 0.490. The zero-order chi connectivity index (χ0) is 9.56. The van der Waals surface area contributed by atoms with Crippen LogP contribution in [0.4, 0.5) is 0 Å². The number of esters is 1. The normalized spacial score (nSPS) is 11.0. The molecule has 2 N–H and O–H groups in total. The molecule has 0 spiro atoms. The highest BCUT2D eigenvalue weighted by molar-refractivity contribution is 5.97. The van der Waals surface area contributed by atoms with Crippen LogP contribution in [0.3, 0.4) is 0 Å². The van der Waals surface area contributed by atoms with Gasteiger partial charge in [-0.1, -0.05) is 6.92 Å². The zero-order valence-electron chi connectivity index (χ0n) is 7.29. The summed E-state index contributed by atoms with van der Waals surface area (Å²) in [6.07, 6.45) is 1.85. The molecule has 0 aromatic carbocycles. The Morgan fingerprint density at radius 1 is 1.50 bits per heavy atom. The summed E-state index contributed by atoms with van der Waals surface area (Å²) in [6, 6.07) is 0. The van der Waals surface area contributed by atoms with Crippen molar-refractivity contribution in [3.05, 3.63) is 11.6 Å². The molecule has 4 heteroatoms. The summed E-state index contributed by atoms with van der Waals surface area (Å²) < 4.78 is 4.69. The number of nitrogens with two attached hydrogens (primary N) is 1. The van der Waals surface area contributed by atoms with Crippen LogP contribution in [0.15, 0.2) is 11.6 Å². The monoisotopic (exact) mass is 171 g/mol. The maximum atomic E-state index is 10.8. The summed E-state index contributed by atoms with van der Waals surface area (Å²) >= 11 is 0. The molecule has 4 nitrogen and oxygen atoms in total. The van der Waals surface area contributed by atoms with Gasteiger partial charge in [-0.15, -0.1) is 0 Å².